The maximum Gasteiger partial charge on any atom is 0.0236 e. The van der Waals surface area contributed by atoms with E-state index in [2.05, 4.69) is 60.4 Å². The molecule has 2 bridgehead atoms. The Kier molecular flexibility index (Phi) is 3.75. The summed E-state index contributed by atoms with van der Waals surface area (Å²) in [6, 6.07) is 18.9. The van der Waals surface area contributed by atoms with E-state index in [4.69, 9.17) is 0 Å². The molecule has 2 atom stereocenters. The third-order valence-electron chi connectivity index (χ3n) is 5.51. The molecule has 1 fully saturated rings. The number of aryl methyl sites for hydroxylation is 1. The van der Waals surface area contributed by atoms with Crippen LogP contribution in [0.5, 0.6) is 0 Å². The Morgan fingerprint density at radius 3 is 2.41 bits per heavy atom. The first-order valence-corrected chi connectivity index (χ1v) is 8.64. The van der Waals surface area contributed by atoms with E-state index in [1.54, 1.807) is 11.1 Å². The third kappa shape index (κ3) is 2.83. The van der Waals surface area contributed by atoms with Gasteiger partial charge in [0.15, 0.2) is 0 Å². The summed E-state index contributed by atoms with van der Waals surface area (Å²) < 4.78 is 0. The fraction of sp³-hybridized carbons (Fsp3) is 0.429. The number of fused-ring (bicyclic) bond motifs is 2. The Morgan fingerprint density at radius 1 is 0.909 bits per heavy atom. The van der Waals surface area contributed by atoms with E-state index in [1.165, 1.54) is 43.4 Å². The summed E-state index contributed by atoms with van der Waals surface area (Å²) in [5, 5.41) is 0. The lowest BCUT2D eigenvalue weighted by atomic mass is 9.80. The van der Waals surface area contributed by atoms with Crippen molar-refractivity contribution in [2.75, 3.05) is 6.54 Å². The van der Waals surface area contributed by atoms with Gasteiger partial charge in [0.1, 0.15) is 0 Å². The van der Waals surface area contributed by atoms with Gasteiger partial charge in [-0.3, -0.25) is 4.90 Å². The van der Waals surface area contributed by atoms with Gasteiger partial charge in [0.05, 0.1) is 0 Å². The van der Waals surface area contributed by atoms with Gasteiger partial charge < -0.3 is 0 Å². The van der Waals surface area contributed by atoms with Crippen LogP contribution in [-0.2, 0) is 19.4 Å². The summed E-state index contributed by atoms with van der Waals surface area (Å²) in [5.74, 6) is 0.836. The molecule has 1 nitrogen and oxygen atoms in total. The zero-order valence-corrected chi connectivity index (χ0v) is 13.5. The molecule has 0 amide bonds. The van der Waals surface area contributed by atoms with Crippen molar-refractivity contribution >= 4 is 0 Å². The lowest BCUT2D eigenvalue weighted by Crippen LogP contribution is -2.46. The zero-order chi connectivity index (χ0) is 14.9. The van der Waals surface area contributed by atoms with Crippen molar-refractivity contribution in [2.45, 2.75) is 45.2 Å². The SMILES string of the molecule is Cc1ccc(CN2C[C@H]3CC[C@@H]2Cc2ccccc2C3)cc1. The summed E-state index contributed by atoms with van der Waals surface area (Å²) in [6.45, 7) is 4.55. The van der Waals surface area contributed by atoms with Crippen LogP contribution in [0.15, 0.2) is 48.5 Å². The molecule has 3 aliphatic rings. The number of benzene rings is 2. The van der Waals surface area contributed by atoms with E-state index in [9.17, 15) is 0 Å². The van der Waals surface area contributed by atoms with Gasteiger partial charge in [0.2, 0.25) is 0 Å². The highest BCUT2D eigenvalue weighted by atomic mass is 15.2. The van der Waals surface area contributed by atoms with E-state index in [-0.39, 0.29) is 0 Å². The Morgan fingerprint density at radius 2 is 1.64 bits per heavy atom. The number of rotatable bonds is 2. The van der Waals surface area contributed by atoms with Crippen LogP contribution < -0.4 is 0 Å². The van der Waals surface area contributed by atoms with Gasteiger partial charge in [-0.1, -0.05) is 54.1 Å². The van der Waals surface area contributed by atoms with Crippen LogP contribution in [0, 0.1) is 12.8 Å². The molecule has 114 valence electrons. The van der Waals surface area contributed by atoms with Gasteiger partial charge in [-0.2, -0.15) is 0 Å². The topological polar surface area (TPSA) is 3.24 Å². The predicted molar refractivity (Wildman–Crippen MR) is 92.0 cm³/mol. The molecular weight excluding hydrogens is 266 g/mol. The van der Waals surface area contributed by atoms with Gasteiger partial charge in [-0.15, -0.1) is 0 Å². The highest BCUT2D eigenvalue weighted by Crippen LogP contribution is 2.33. The Bertz CT molecular complexity index is 643. The standard InChI is InChI=1S/C21H25N/c1-16-6-8-17(9-7-16)14-22-15-18-10-11-21(22)13-20-5-3-2-4-19(20)12-18/h2-9,18,21H,10-15H2,1H3/t18-,21+/m0/s1. The average Bonchev–Trinajstić information content (AvgIpc) is 2.50. The van der Waals surface area contributed by atoms with Crippen molar-refractivity contribution in [1.29, 1.82) is 0 Å². The van der Waals surface area contributed by atoms with Crippen LogP contribution in [0.4, 0.5) is 0 Å². The molecule has 0 aromatic heterocycles. The highest BCUT2D eigenvalue weighted by molar-refractivity contribution is 5.30. The van der Waals surface area contributed by atoms with Crippen LogP contribution in [0.25, 0.3) is 0 Å². The number of nitrogens with zero attached hydrogens (tertiary/aromatic N) is 1. The van der Waals surface area contributed by atoms with Crippen molar-refractivity contribution < 1.29 is 0 Å². The number of hydrogen-bond acceptors (Lipinski definition) is 1. The molecule has 2 aromatic rings. The average molecular weight is 291 g/mol. The summed E-state index contributed by atoms with van der Waals surface area (Å²) in [4.78, 5) is 2.74. The normalized spacial score (nSPS) is 24.6. The van der Waals surface area contributed by atoms with E-state index >= 15 is 0 Å². The summed E-state index contributed by atoms with van der Waals surface area (Å²) >= 11 is 0. The lowest BCUT2D eigenvalue weighted by Gasteiger charge is -2.42. The van der Waals surface area contributed by atoms with Gasteiger partial charge in [-0.25, -0.2) is 0 Å². The summed E-state index contributed by atoms with van der Waals surface area (Å²) in [7, 11) is 0. The van der Waals surface area contributed by atoms with Gasteiger partial charge >= 0.3 is 0 Å². The number of hydrogen-bond donors (Lipinski definition) is 0. The summed E-state index contributed by atoms with van der Waals surface area (Å²) in [5.41, 5.74) is 6.01. The van der Waals surface area contributed by atoms with E-state index in [0.29, 0.717) is 0 Å². The van der Waals surface area contributed by atoms with E-state index < -0.39 is 0 Å². The van der Waals surface area contributed by atoms with Crippen LogP contribution in [-0.4, -0.2) is 17.5 Å². The molecule has 2 aromatic carbocycles. The minimum atomic E-state index is 0.721. The second kappa shape index (κ2) is 5.89. The quantitative estimate of drug-likeness (QED) is 0.794. The van der Waals surface area contributed by atoms with Crippen molar-refractivity contribution in [1.82, 2.24) is 4.90 Å². The monoisotopic (exact) mass is 291 g/mol. The van der Waals surface area contributed by atoms with Crippen LogP contribution in [0.1, 0.15) is 35.1 Å². The second-order valence-corrected chi connectivity index (χ2v) is 7.19. The maximum absolute atomic E-state index is 2.74. The van der Waals surface area contributed by atoms with E-state index in [1.807, 2.05) is 0 Å². The Balaban J connectivity index is 1.57. The van der Waals surface area contributed by atoms with Gasteiger partial charge in [0.25, 0.3) is 0 Å². The molecule has 0 N–H and O–H groups in total. The van der Waals surface area contributed by atoms with Crippen molar-refractivity contribution in [3.63, 3.8) is 0 Å². The molecule has 2 aliphatic heterocycles. The smallest absolute Gasteiger partial charge is 0.0236 e. The third-order valence-corrected chi connectivity index (χ3v) is 5.51. The number of piperidine rings is 1. The van der Waals surface area contributed by atoms with Crippen LogP contribution in [0.2, 0.25) is 0 Å². The van der Waals surface area contributed by atoms with Gasteiger partial charge in [-0.05, 0) is 55.2 Å². The molecule has 1 aliphatic carbocycles. The molecule has 0 saturated carbocycles. The Labute approximate surface area is 134 Å². The highest BCUT2D eigenvalue weighted by Gasteiger charge is 2.31. The van der Waals surface area contributed by atoms with E-state index in [0.717, 1.165) is 18.5 Å². The molecule has 2 heterocycles. The fourth-order valence-corrected chi connectivity index (χ4v) is 4.22. The van der Waals surface area contributed by atoms with Crippen molar-refractivity contribution in [3.05, 3.63) is 70.8 Å². The second-order valence-electron chi connectivity index (χ2n) is 7.19. The molecule has 0 unspecified atom stereocenters. The first kappa shape index (κ1) is 14.0. The minimum Gasteiger partial charge on any atom is -0.296 e. The molecule has 0 radical (unpaired) electrons. The minimum absolute atomic E-state index is 0.721. The molecule has 1 heteroatoms. The van der Waals surface area contributed by atoms with Crippen molar-refractivity contribution in [3.8, 4) is 0 Å². The van der Waals surface area contributed by atoms with Crippen molar-refractivity contribution in [2.24, 2.45) is 5.92 Å². The van der Waals surface area contributed by atoms with Gasteiger partial charge in [0, 0.05) is 19.1 Å². The molecule has 1 saturated heterocycles. The molecule has 5 rings (SSSR count). The lowest BCUT2D eigenvalue weighted by molar-refractivity contribution is 0.0938. The molecule has 0 spiro atoms. The zero-order valence-electron chi connectivity index (χ0n) is 13.5. The largest absolute Gasteiger partial charge is 0.296 e. The Hall–Kier alpha value is -1.60. The predicted octanol–water partition coefficient (Wildman–Crippen LogP) is 4.37. The molecular formula is C21H25N. The first-order chi connectivity index (χ1) is 10.8. The maximum atomic E-state index is 2.74. The van der Waals surface area contributed by atoms with Crippen LogP contribution in [0.3, 0.4) is 0 Å². The first-order valence-electron chi connectivity index (χ1n) is 8.64. The van der Waals surface area contributed by atoms with Crippen LogP contribution >= 0.6 is 0 Å². The molecule has 22 heavy (non-hydrogen) atoms. The fourth-order valence-electron chi connectivity index (χ4n) is 4.22. The summed E-state index contributed by atoms with van der Waals surface area (Å²) in [6.07, 6.45) is 5.27.